The smallest absolute Gasteiger partial charge is 0.150 e. The number of benzene rings is 1. The van der Waals surface area contributed by atoms with Crippen LogP contribution in [0, 0.1) is 5.82 Å². The van der Waals surface area contributed by atoms with Crippen molar-refractivity contribution in [3.63, 3.8) is 0 Å². The Kier molecular flexibility index (Phi) is 2.36. The number of hydrogen-bond donors (Lipinski definition) is 0. The molecule has 0 bridgehead atoms. The van der Waals surface area contributed by atoms with Crippen LogP contribution in [0.2, 0.25) is 0 Å². The van der Waals surface area contributed by atoms with E-state index in [9.17, 15) is 4.39 Å². The average molecular weight is 220 g/mol. The molecule has 3 nitrogen and oxygen atoms in total. The van der Waals surface area contributed by atoms with Crippen LogP contribution in [0.4, 0.5) is 4.39 Å². The van der Waals surface area contributed by atoms with E-state index in [4.69, 9.17) is 4.74 Å². The Morgan fingerprint density at radius 2 is 2.31 bits per heavy atom. The summed E-state index contributed by atoms with van der Waals surface area (Å²) >= 11 is 0. The Balaban J connectivity index is 2.09. The van der Waals surface area contributed by atoms with Crippen molar-refractivity contribution < 1.29 is 9.13 Å². The highest BCUT2D eigenvalue weighted by atomic mass is 19.1. The van der Waals surface area contributed by atoms with Crippen molar-refractivity contribution in [2.45, 2.75) is 25.5 Å². The van der Waals surface area contributed by atoms with E-state index in [1.165, 1.54) is 6.07 Å². The van der Waals surface area contributed by atoms with Gasteiger partial charge < -0.3 is 4.74 Å². The standard InChI is InChI=1S/C12H13FN2O/c13-10-5-3-4-9-8-14-15(12(9)10)11-6-1-2-7-16-11/h3-5,8,11H,1-2,6-7H2. The number of fused-ring (bicyclic) bond motifs is 1. The molecule has 2 heterocycles. The second kappa shape index (κ2) is 3.87. The second-order valence-corrected chi connectivity index (χ2v) is 4.09. The van der Waals surface area contributed by atoms with Crippen LogP contribution < -0.4 is 0 Å². The maximum atomic E-state index is 13.7. The van der Waals surface area contributed by atoms with Crippen LogP contribution in [-0.2, 0) is 4.74 Å². The molecule has 2 aromatic rings. The number of aromatic nitrogens is 2. The average Bonchev–Trinajstić information content (AvgIpc) is 2.75. The number of rotatable bonds is 1. The molecule has 1 atom stereocenters. The fourth-order valence-electron chi connectivity index (χ4n) is 2.19. The Labute approximate surface area is 92.8 Å². The molecule has 1 fully saturated rings. The number of ether oxygens (including phenoxy) is 1. The highest BCUT2D eigenvalue weighted by molar-refractivity contribution is 5.79. The predicted molar refractivity (Wildman–Crippen MR) is 58.5 cm³/mol. The minimum Gasteiger partial charge on any atom is -0.356 e. The first-order valence-electron chi connectivity index (χ1n) is 5.59. The van der Waals surface area contributed by atoms with E-state index < -0.39 is 0 Å². The first-order valence-corrected chi connectivity index (χ1v) is 5.59. The molecule has 0 radical (unpaired) electrons. The number of halogens is 1. The van der Waals surface area contributed by atoms with Gasteiger partial charge in [-0.1, -0.05) is 12.1 Å². The summed E-state index contributed by atoms with van der Waals surface area (Å²) in [4.78, 5) is 0. The molecule has 4 heteroatoms. The molecule has 0 spiro atoms. The lowest BCUT2D eigenvalue weighted by atomic mass is 10.2. The summed E-state index contributed by atoms with van der Waals surface area (Å²) < 4.78 is 21.0. The summed E-state index contributed by atoms with van der Waals surface area (Å²) in [5, 5.41) is 5.06. The van der Waals surface area contributed by atoms with Gasteiger partial charge >= 0.3 is 0 Å². The zero-order valence-corrected chi connectivity index (χ0v) is 8.90. The fourth-order valence-corrected chi connectivity index (χ4v) is 2.19. The summed E-state index contributed by atoms with van der Waals surface area (Å²) in [5.74, 6) is -0.232. The van der Waals surface area contributed by atoms with Crippen molar-refractivity contribution in [3.8, 4) is 0 Å². The molecule has 1 aliphatic heterocycles. The molecule has 0 saturated carbocycles. The lowest BCUT2D eigenvalue weighted by molar-refractivity contribution is -0.0369. The number of para-hydroxylation sites is 1. The van der Waals surface area contributed by atoms with Crippen molar-refractivity contribution in [2.24, 2.45) is 0 Å². The van der Waals surface area contributed by atoms with Crippen molar-refractivity contribution in [1.82, 2.24) is 9.78 Å². The Bertz CT molecular complexity index is 503. The lowest BCUT2D eigenvalue weighted by Crippen LogP contribution is -2.19. The van der Waals surface area contributed by atoms with Gasteiger partial charge in [-0.2, -0.15) is 5.10 Å². The third-order valence-corrected chi connectivity index (χ3v) is 3.00. The van der Waals surface area contributed by atoms with E-state index in [0.29, 0.717) is 5.52 Å². The Morgan fingerprint density at radius 1 is 1.38 bits per heavy atom. The van der Waals surface area contributed by atoms with Gasteiger partial charge in [-0.25, -0.2) is 9.07 Å². The maximum Gasteiger partial charge on any atom is 0.150 e. The first-order chi connectivity index (χ1) is 7.86. The van der Waals surface area contributed by atoms with Gasteiger partial charge in [0.05, 0.1) is 6.20 Å². The van der Waals surface area contributed by atoms with Gasteiger partial charge in [0, 0.05) is 12.0 Å². The maximum absolute atomic E-state index is 13.7. The first kappa shape index (κ1) is 9.78. The van der Waals surface area contributed by atoms with Gasteiger partial charge in [-0.15, -0.1) is 0 Å². The van der Waals surface area contributed by atoms with E-state index >= 15 is 0 Å². The molecule has 1 unspecified atom stereocenters. The molecule has 1 aromatic carbocycles. The summed E-state index contributed by atoms with van der Waals surface area (Å²) in [6.07, 6.45) is 4.68. The van der Waals surface area contributed by atoms with Gasteiger partial charge in [-0.05, 0) is 25.3 Å². The van der Waals surface area contributed by atoms with Gasteiger partial charge in [0.2, 0.25) is 0 Å². The van der Waals surface area contributed by atoms with E-state index in [-0.39, 0.29) is 12.0 Å². The van der Waals surface area contributed by atoms with Crippen molar-refractivity contribution in [2.75, 3.05) is 6.61 Å². The molecular formula is C12H13FN2O. The number of nitrogens with zero attached hydrogens (tertiary/aromatic N) is 2. The van der Waals surface area contributed by atoms with Crippen LogP contribution in [0.25, 0.3) is 10.9 Å². The second-order valence-electron chi connectivity index (χ2n) is 4.09. The van der Waals surface area contributed by atoms with Crippen molar-refractivity contribution in [3.05, 3.63) is 30.2 Å². The van der Waals surface area contributed by atoms with Crippen molar-refractivity contribution >= 4 is 10.9 Å². The lowest BCUT2D eigenvalue weighted by Gasteiger charge is -2.23. The van der Waals surface area contributed by atoms with Gasteiger partial charge in [-0.3, -0.25) is 0 Å². The van der Waals surface area contributed by atoms with Gasteiger partial charge in [0.25, 0.3) is 0 Å². The van der Waals surface area contributed by atoms with Crippen LogP contribution in [0.5, 0.6) is 0 Å². The predicted octanol–water partition coefficient (Wildman–Crippen LogP) is 2.87. The topological polar surface area (TPSA) is 27.1 Å². The monoisotopic (exact) mass is 220 g/mol. The summed E-state index contributed by atoms with van der Waals surface area (Å²) in [7, 11) is 0. The molecular weight excluding hydrogens is 207 g/mol. The van der Waals surface area contributed by atoms with Crippen LogP contribution >= 0.6 is 0 Å². The highest BCUT2D eigenvalue weighted by Crippen LogP contribution is 2.27. The Hall–Kier alpha value is -1.42. The quantitative estimate of drug-likeness (QED) is 0.738. The van der Waals surface area contributed by atoms with Gasteiger partial charge in [0.15, 0.2) is 6.23 Å². The molecule has 1 aromatic heterocycles. The zero-order valence-electron chi connectivity index (χ0n) is 8.90. The molecule has 0 N–H and O–H groups in total. The van der Waals surface area contributed by atoms with Crippen LogP contribution in [0.1, 0.15) is 25.5 Å². The molecule has 1 saturated heterocycles. The van der Waals surface area contributed by atoms with E-state index in [0.717, 1.165) is 31.3 Å². The van der Waals surface area contributed by atoms with E-state index in [1.54, 1.807) is 16.9 Å². The molecule has 1 aliphatic rings. The van der Waals surface area contributed by atoms with Crippen LogP contribution in [0.15, 0.2) is 24.4 Å². The van der Waals surface area contributed by atoms with Gasteiger partial charge in [0.1, 0.15) is 11.3 Å². The minimum absolute atomic E-state index is 0.108. The van der Waals surface area contributed by atoms with E-state index in [2.05, 4.69) is 5.10 Å². The summed E-state index contributed by atoms with van der Waals surface area (Å²) in [6, 6.07) is 5.03. The molecule has 16 heavy (non-hydrogen) atoms. The molecule has 84 valence electrons. The molecule has 0 aliphatic carbocycles. The molecule has 3 rings (SSSR count). The zero-order chi connectivity index (χ0) is 11.0. The third-order valence-electron chi connectivity index (χ3n) is 3.00. The molecule has 0 amide bonds. The van der Waals surface area contributed by atoms with Crippen LogP contribution in [0.3, 0.4) is 0 Å². The normalized spacial score (nSPS) is 21.4. The highest BCUT2D eigenvalue weighted by Gasteiger charge is 2.19. The number of hydrogen-bond acceptors (Lipinski definition) is 2. The van der Waals surface area contributed by atoms with E-state index in [1.807, 2.05) is 6.07 Å². The SMILES string of the molecule is Fc1cccc2cnn(C3CCCCO3)c12. The van der Waals surface area contributed by atoms with Crippen molar-refractivity contribution in [1.29, 1.82) is 0 Å². The summed E-state index contributed by atoms with van der Waals surface area (Å²) in [5.41, 5.74) is 0.550. The minimum atomic E-state index is -0.232. The third kappa shape index (κ3) is 1.50. The Morgan fingerprint density at radius 3 is 3.12 bits per heavy atom. The van der Waals surface area contributed by atoms with Crippen LogP contribution in [-0.4, -0.2) is 16.4 Å². The largest absolute Gasteiger partial charge is 0.356 e. The summed E-state index contributed by atoms with van der Waals surface area (Å²) in [6.45, 7) is 0.737. The fraction of sp³-hybridized carbons (Fsp3) is 0.417.